The number of carbonyl (C=O) groups excluding carboxylic acids is 1. The van der Waals surface area contributed by atoms with Crippen molar-refractivity contribution in [2.24, 2.45) is 0 Å². The van der Waals surface area contributed by atoms with Gasteiger partial charge in [0.05, 0.1) is 7.11 Å². The Morgan fingerprint density at radius 3 is 2.81 bits per heavy atom. The van der Waals surface area contributed by atoms with Crippen molar-refractivity contribution in [2.45, 2.75) is 11.8 Å². The quantitative estimate of drug-likeness (QED) is 0.482. The molecule has 0 amide bonds. The smallest absolute Gasteiger partial charge is 0.333 e. The van der Waals surface area contributed by atoms with Crippen LogP contribution in [0.2, 0.25) is 0 Å². The monoisotopic (exact) mass is 300 g/mol. The van der Waals surface area contributed by atoms with Crippen molar-refractivity contribution in [3.05, 3.63) is 40.4 Å². The summed E-state index contributed by atoms with van der Waals surface area (Å²) in [5.74, 6) is 0.483. The van der Waals surface area contributed by atoms with Gasteiger partial charge in [0.25, 0.3) is 0 Å². The summed E-state index contributed by atoms with van der Waals surface area (Å²) in [4.78, 5) is 12.3. The van der Waals surface area contributed by atoms with Gasteiger partial charge in [0.15, 0.2) is 0 Å². The fraction of sp³-hybridized carbons (Fsp3) is 0.250. The van der Waals surface area contributed by atoms with Gasteiger partial charge in [-0.25, -0.2) is 4.79 Å². The highest BCUT2D eigenvalue weighted by molar-refractivity contribution is 9.10. The normalized spacial score (nSPS) is 11.3. The summed E-state index contributed by atoms with van der Waals surface area (Å²) in [5.41, 5.74) is 0.641. The minimum atomic E-state index is -0.271. The molecule has 1 rings (SSSR count). The molecule has 4 heteroatoms. The Morgan fingerprint density at radius 1 is 1.50 bits per heavy atom. The number of benzene rings is 1. The summed E-state index contributed by atoms with van der Waals surface area (Å²) in [6.45, 7) is 1.76. The molecule has 1 aromatic carbocycles. The number of esters is 1. The van der Waals surface area contributed by atoms with Crippen molar-refractivity contribution in [1.29, 1.82) is 0 Å². The maximum Gasteiger partial charge on any atom is 0.333 e. The average Bonchev–Trinajstić information content (AvgIpc) is 2.30. The SMILES string of the molecule is COC(=O)C(C)=CCSc1ccccc1Br. The van der Waals surface area contributed by atoms with Crippen LogP contribution >= 0.6 is 27.7 Å². The van der Waals surface area contributed by atoms with Gasteiger partial charge in [-0.15, -0.1) is 11.8 Å². The molecule has 0 unspecified atom stereocenters. The molecular formula is C12H13BrO2S. The van der Waals surface area contributed by atoms with Crippen LogP contribution in [0.3, 0.4) is 0 Å². The van der Waals surface area contributed by atoms with Crippen LogP contribution in [0, 0.1) is 0 Å². The largest absolute Gasteiger partial charge is 0.466 e. The maximum atomic E-state index is 11.1. The summed E-state index contributed by atoms with van der Waals surface area (Å²) in [6, 6.07) is 8.00. The van der Waals surface area contributed by atoms with Crippen molar-refractivity contribution >= 4 is 33.7 Å². The molecule has 0 spiro atoms. The van der Waals surface area contributed by atoms with E-state index in [0.29, 0.717) is 5.57 Å². The second-order valence-electron chi connectivity index (χ2n) is 3.12. The van der Waals surface area contributed by atoms with Gasteiger partial charge in [0.2, 0.25) is 0 Å². The number of rotatable bonds is 4. The minimum absolute atomic E-state index is 0.271. The molecule has 1 aromatic rings. The summed E-state index contributed by atoms with van der Waals surface area (Å²) in [6.07, 6.45) is 1.87. The first kappa shape index (κ1) is 13.3. The van der Waals surface area contributed by atoms with Gasteiger partial charge in [0, 0.05) is 20.7 Å². The number of carbonyl (C=O) groups is 1. The van der Waals surface area contributed by atoms with Gasteiger partial charge >= 0.3 is 5.97 Å². The topological polar surface area (TPSA) is 26.3 Å². The van der Waals surface area contributed by atoms with Gasteiger partial charge in [-0.05, 0) is 35.0 Å². The average molecular weight is 301 g/mol. The summed E-state index contributed by atoms with van der Waals surface area (Å²) in [5, 5.41) is 0. The Balaban J connectivity index is 2.53. The molecule has 0 aromatic heterocycles. The van der Waals surface area contributed by atoms with E-state index in [1.807, 2.05) is 30.3 Å². The zero-order chi connectivity index (χ0) is 12.0. The van der Waals surface area contributed by atoms with Crippen molar-refractivity contribution in [3.8, 4) is 0 Å². The lowest BCUT2D eigenvalue weighted by Crippen LogP contribution is -2.01. The predicted molar refractivity (Wildman–Crippen MR) is 70.6 cm³/mol. The maximum absolute atomic E-state index is 11.1. The third kappa shape index (κ3) is 4.02. The Labute approximate surface area is 108 Å². The first-order valence-corrected chi connectivity index (χ1v) is 6.55. The highest BCUT2D eigenvalue weighted by Gasteiger charge is 2.02. The first-order valence-electron chi connectivity index (χ1n) is 4.77. The lowest BCUT2D eigenvalue weighted by Gasteiger charge is -2.02. The molecule has 0 fully saturated rings. The molecule has 0 atom stereocenters. The van der Waals surface area contributed by atoms with Crippen LogP contribution in [0.25, 0.3) is 0 Å². The minimum Gasteiger partial charge on any atom is -0.466 e. The zero-order valence-corrected chi connectivity index (χ0v) is 11.6. The number of methoxy groups -OCH3 is 1. The molecule has 0 N–H and O–H groups in total. The number of halogens is 1. The molecular weight excluding hydrogens is 288 g/mol. The predicted octanol–water partition coefficient (Wildman–Crippen LogP) is 3.66. The van der Waals surface area contributed by atoms with Crippen LogP contribution in [-0.2, 0) is 9.53 Å². The summed E-state index contributed by atoms with van der Waals surface area (Å²) >= 11 is 5.15. The molecule has 0 saturated carbocycles. The Hall–Kier alpha value is -0.740. The van der Waals surface area contributed by atoms with E-state index in [9.17, 15) is 4.79 Å². The Kier molecular flexibility index (Phi) is 5.63. The third-order valence-electron chi connectivity index (χ3n) is 1.97. The molecule has 0 aliphatic carbocycles. The van der Waals surface area contributed by atoms with E-state index in [-0.39, 0.29) is 5.97 Å². The van der Waals surface area contributed by atoms with E-state index < -0.39 is 0 Å². The van der Waals surface area contributed by atoms with E-state index in [0.717, 1.165) is 15.1 Å². The summed E-state index contributed by atoms with van der Waals surface area (Å²) < 4.78 is 5.69. The van der Waals surface area contributed by atoms with Gasteiger partial charge in [0.1, 0.15) is 0 Å². The number of hydrogen-bond donors (Lipinski definition) is 0. The molecule has 0 aliphatic rings. The van der Waals surface area contributed by atoms with Crippen LogP contribution in [-0.4, -0.2) is 18.8 Å². The van der Waals surface area contributed by atoms with Crippen LogP contribution < -0.4 is 0 Å². The van der Waals surface area contributed by atoms with Gasteiger partial charge < -0.3 is 4.74 Å². The molecule has 16 heavy (non-hydrogen) atoms. The molecule has 0 radical (unpaired) electrons. The molecule has 0 saturated heterocycles. The van der Waals surface area contributed by atoms with E-state index in [2.05, 4.69) is 20.7 Å². The van der Waals surface area contributed by atoms with Crippen molar-refractivity contribution < 1.29 is 9.53 Å². The standard InChI is InChI=1S/C12H13BrO2S/c1-9(12(14)15-2)7-8-16-11-6-4-3-5-10(11)13/h3-7H,8H2,1-2H3. The number of thioether (sulfide) groups is 1. The molecule has 86 valence electrons. The van der Waals surface area contributed by atoms with Crippen molar-refractivity contribution in [2.75, 3.05) is 12.9 Å². The third-order valence-corrected chi connectivity index (χ3v) is 3.93. The van der Waals surface area contributed by atoms with Gasteiger partial charge in [-0.1, -0.05) is 18.2 Å². The van der Waals surface area contributed by atoms with E-state index in [1.54, 1.807) is 18.7 Å². The molecule has 0 heterocycles. The van der Waals surface area contributed by atoms with Gasteiger partial charge in [-0.3, -0.25) is 0 Å². The molecule has 0 bridgehead atoms. The number of hydrogen-bond acceptors (Lipinski definition) is 3. The second-order valence-corrected chi connectivity index (χ2v) is 5.04. The van der Waals surface area contributed by atoms with E-state index >= 15 is 0 Å². The second kappa shape index (κ2) is 6.76. The first-order chi connectivity index (χ1) is 7.65. The van der Waals surface area contributed by atoms with Crippen molar-refractivity contribution in [1.82, 2.24) is 0 Å². The Morgan fingerprint density at radius 2 is 2.19 bits per heavy atom. The lowest BCUT2D eigenvalue weighted by atomic mass is 10.3. The fourth-order valence-corrected chi connectivity index (χ4v) is 2.58. The summed E-state index contributed by atoms with van der Waals surface area (Å²) in [7, 11) is 1.39. The zero-order valence-electron chi connectivity index (χ0n) is 9.20. The van der Waals surface area contributed by atoms with Gasteiger partial charge in [-0.2, -0.15) is 0 Å². The lowest BCUT2D eigenvalue weighted by molar-refractivity contribution is -0.136. The van der Waals surface area contributed by atoms with Crippen LogP contribution in [0.5, 0.6) is 0 Å². The van der Waals surface area contributed by atoms with Crippen LogP contribution in [0.15, 0.2) is 45.3 Å². The fourth-order valence-electron chi connectivity index (χ4n) is 1.06. The Bertz CT molecular complexity index is 402. The highest BCUT2D eigenvalue weighted by Crippen LogP contribution is 2.27. The number of ether oxygens (including phenoxy) is 1. The molecule has 0 aliphatic heterocycles. The van der Waals surface area contributed by atoms with Crippen LogP contribution in [0.4, 0.5) is 0 Å². The van der Waals surface area contributed by atoms with Crippen LogP contribution in [0.1, 0.15) is 6.92 Å². The van der Waals surface area contributed by atoms with E-state index in [1.165, 1.54) is 7.11 Å². The highest BCUT2D eigenvalue weighted by atomic mass is 79.9. The van der Waals surface area contributed by atoms with E-state index in [4.69, 9.17) is 0 Å². The molecule has 2 nitrogen and oxygen atoms in total. The van der Waals surface area contributed by atoms with Crippen molar-refractivity contribution in [3.63, 3.8) is 0 Å².